The Labute approximate surface area is 138 Å². The van der Waals surface area contributed by atoms with E-state index in [0.717, 1.165) is 18.4 Å². The first kappa shape index (κ1) is 15.1. The van der Waals surface area contributed by atoms with Gasteiger partial charge in [0.2, 0.25) is 22.6 Å². The van der Waals surface area contributed by atoms with Gasteiger partial charge in [0.15, 0.2) is 11.5 Å². The number of nitriles is 1. The van der Waals surface area contributed by atoms with Gasteiger partial charge in [0, 0.05) is 12.0 Å². The van der Waals surface area contributed by atoms with E-state index in [0.29, 0.717) is 11.5 Å². The van der Waals surface area contributed by atoms with E-state index in [-0.39, 0.29) is 29.4 Å². The molecule has 1 aliphatic heterocycles. The number of nitrogens with zero attached hydrogens (tertiary/aromatic N) is 1. The average Bonchev–Trinajstić information content (AvgIpc) is 3.00. The van der Waals surface area contributed by atoms with E-state index < -0.39 is 10.0 Å². The van der Waals surface area contributed by atoms with Gasteiger partial charge in [-0.05, 0) is 36.6 Å². The van der Waals surface area contributed by atoms with E-state index in [9.17, 15) is 8.42 Å². The molecule has 0 spiro atoms. The summed E-state index contributed by atoms with van der Waals surface area (Å²) < 4.78 is 43.0. The Balaban J connectivity index is 1.54. The SMILES string of the molecule is N#Cc1occc1S(=O)(=O)NCC1(c2ccc3c(c2)OCO3)CC1. The minimum absolute atomic E-state index is 0.133. The van der Waals surface area contributed by atoms with Crippen molar-refractivity contribution in [1.82, 2.24) is 4.72 Å². The third-order valence-corrected chi connectivity index (χ3v) is 5.88. The van der Waals surface area contributed by atoms with Gasteiger partial charge in [0.05, 0.1) is 6.26 Å². The Morgan fingerprint density at radius 1 is 1.21 bits per heavy atom. The fraction of sp³-hybridized carbons (Fsp3) is 0.312. The number of hydrogen-bond acceptors (Lipinski definition) is 6. The van der Waals surface area contributed by atoms with Gasteiger partial charge in [0.25, 0.3) is 0 Å². The summed E-state index contributed by atoms with van der Waals surface area (Å²) in [4.78, 5) is -0.133. The molecule has 1 saturated carbocycles. The Hall–Kier alpha value is -2.50. The number of ether oxygens (including phenoxy) is 2. The third kappa shape index (κ3) is 2.42. The molecule has 24 heavy (non-hydrogen) atoms. The molecule has 0 amide bonds. The maximum absolute atomic E-state index is 12.4. The van der Waals surface area contributed by atoms with Crippen molar-refractivity contribution in [3.8, 4) is 17.6 Å². The molecule has 0 saturated heterocycles. The van der Waals surface area contributed by atoms with Crippen molar-refractivity contribution in [2.45, 2.75) is 23.2 Å². The number of benzene rings is 1. The Kier molecular flexibility index (Phi) is 3.30. The van der Waals surface area contributed by atoms with Gasteiger partial charge in [0.1, 0.15) is 11.0 Å². The highest BCUT2D eigenvalue weighted by molar-refractivity contribution is 7.89. The monoisotopic (exact) mass is 346 g/mol. The highest BCUT2D eigenvalue weighted by Gasteiger charge is 2.45. The first-order chi connectivity index (χ1) is 11.5. The second-order valence-corrected chi connectivity index (χ2v) is 7.63. The first-order valence-corrected chi connectivity index (χ1v) is 8.90. The van der Waals surface area contributed by atoms with Crippen LogP contribution in [-0.4, -0.2) is 21.8 Å². The number of sulfonamides is 1. The highest BCUT2D eigenvalue weighted by Crippen LogP contribution is 2.50. The molecule has 0 atom stereocenters. The van der Waals surface area contributed by atoms with Crippen molar-refractivity contribution in [3.05, 3.63) is 41.9 Å². The van der Waals surface area contributed by atoms with Gasteiger partial charge in [-0.3, -0.25) is 0 Å². The number of hydrogen-bond donors (Lipinski definition) is 1. The lowest BCUT2D eigenvalue weighted by Crippen LogP contribution is -2.32. The van der Waals surface area contributed by atoms with Gasteiger partial charge in [-0.25, -0.2) is 13.1 Å². The van der Waals surface area contributed by atoms with Crippen molar-refractivity contribution >= 4 is 10.0 Å². The lowest BCUT2D eigenvalue weighted by atomic mass is 9.96. The largest absolute Gasteiger partial charge is 0.454 e. The summed E-state index contributed by atoms with van der Waals surface area (Å²) in [6.07, 6.45) is 2.95. The van der Waals surface area contributed by atoms with Crippen LogP contribution >= 0.6 is 0 Å². The molecule has 124 valence electrons. The van der Waals surface area contributed by atoms with Crippen LogP contribution in [0.25, 0.3) is 0 Å². The third-order valence-electron chi connectivity index (χ3n) is 4.46. The summed E-state index contributed by atoms with van der Waals surface area (Å²) in [6, 6.07) is 8.70. The Morgan fingerprint density at radius 2 is 2.00 bits per heavy atom. The molecular formula is C16H14N2O5S. The Bertz CT molecular complexity index is 938. The zero-order valence-corrected chi connectivity index (χ0v) is 13.4. The van der Waals surface area contributed by atoms with E-state index in [2.05, 4.69) is 4.72 Å². The van der Waals surface area contributed by atoms with Crippen molar-refractivity contribution in [2.24, 2.45) is 0 Å². The van der Waals surface area contributed by atoms with Crippen LogP contribution in [0, 0.1) is 11.3 Å². The second kappa shape index (κ2) is 5.26. The number of nitrogens with one attached hydrogen (secondary N) is 1. The summed E-state index contributed by atoms with van der Waals surface area (Å²) in [6.45, 7) is 0.459. The molecule has 1 aliphatic carbocycles. The summed E-state index contributed by atoms with van der Waals surface area (Å²) in [5, 5.41) is 8.92. The van der Waals surface area contributed by atoms with Crippen molar-refractivity contribution in [1.29, 1.82) is 5.26 Å². The lowest BCUT2D eigenvalue weighted by Gasteiger charge is -2.17. The minimum atomic E-state index is -3.79. The molecule has 7 nitrogen and oxygen atoms in total. The van der Waals surface area contributed by atoms with Crippen LogP contribution in [0.1, 0.15) is 24.2 Å². The number of furan rings is 1. The lowest BCUT2D eigenvalue weighted by molar-refractivity contribution is 0.174. The molecule has 2 aliphatic rings. The zero-order valence-electron chi connectivity index (χ0n) is 12.6. The molecule has 2 aromatic rings. The van der Waals surface area contributed by atoms with E-state index in [4.69, 9.17) is 19.2 Å². The number of fused-ring (bicyclic) bond motifs is 1. The van der Waals surface area contributed by atoms with Gasteiger partial charge in [-0.2, -0.15) is 5.26 Å². The van der Waals surface area contributed by atoms with Gasteiger partial charge < -0.3 is 13.9 Å². The topological polar surface area (TPSA) is 102 Å². The molecular weight excluding hydrogens is 332 g/mol. The van der Waals surface area contributed by atoms with Crippen LogP contribution in [0.5, 0.6) is 11.5 Å². The van der Waals surface area contributed by atoms with Crippen LogP contribution in [-0.2, 0) is 15.4 Å². The predicted octanol–water partition coefficient (Wildman–Crippen LogP) is 1.89. The van der Waals surface area contributed by atoms with E-state index in [1.54, 1.807) is 6.07 Å². The minimum Gasteiger partial charge on any atom is -0.454 e. The zero-order chi connectivity index (χ0) is 16.8. The predicted molar refractivity (Wildman–Crippen MR) is 82.1 cm³/mol. The van der Waals surface area contributed by atoms with Crippen LogP contribution in [0.4, 0.5) is 0 Å². The molecule has 1 fully saturated rings. The molecule has 0 bridgehead atoms. The van der Waals surface area contributed by atoms with Crippen LogP contribution < -0.4 is 14.2 Å². The molecule has 2 heterocycles. The summed E-state index contributed by atoms with van der Waals surface area (Å²) >= 11 is 0. The van der Waals surface area contributed by atoms with Gasteiger partial charge >= 0.3 is 0 Å². The van der Waals surface area contributed by atoms with Crippen LogP contribution in [0.15, 0.2) is 39.8 Å². The van der Waals surface area contributed by atoms with Crippen LogP contribution in [0.2, 0.25) is 0 Å². The summed E-state index contributed by atoms with van der Waals surface area (Å²) in [7, 11) is -3.79. The fourth-order valence-electron chi connectivity index (χ4n) is 2.85. The van der Waals surface area contributed by atoms with E-state index >= 15 is 0 Å². The molecule has 4 rings (SSSR count). The highest BCUT2D eigenvalue weighted by atomic mass is 32.2. The normalized spacial score (nSPS) is 17.5. The summed E-state index contributed by atoms with van der Waals surface area (Å²) in [5.74, 6) is 1.17. The quantitative estimate of drug-likeness (QED) is 0.887. The molecule has 8 heteroatoms. The van der Waals surface area contributed by atoms with Crippen molar-refractivity contribution in [2.75, 3.05) is 13.3 Å². The first-order valence-electron chi connectivity index (χ1n) is 7.41. The maximum Gasteiger partial charge on any atom is 0.245 e. The molecule has 0 radical (unpaired) electrons. The van der Waals surface area contributed by atoms with E-state index in [1.165, 1.54) is 12.3 Å². The van der Waals surface area contributed by atoms with Gasteiger partial charge in [-0.15, -0.1) is 0 Å². The van der Waals surface area contributed by atoms with Crippen LogP contribution in [0.3, 0.4) is 0 Å². The average molecular weight is 346 g/mol. The second-order valence-electron chi connectivity index (χ2n) is 5.90. The standard InChI is InChI=1S/C16H14N2O5S/c17-8-14-15(3-6-21-14)24(19,20)18-9-16(4-5-16)11-1-2-12-13(7-11)23-10-22-12/h1-3,6-7,18H,4-5,9-10H2. The van der Waals surface area contributed by atoms with Gasteiger partial charge in [-0.1, -0.05) is 6.07 Å². The number of rotatable bonds is 5. The molecule has 1 N–H and O–H groups in total. The molecule has 1 aromatic heterocycles. The van der Waals surface area contributed by atoms with Crippen molar-refractivity contribution < 1.29 is 22.3 Å². The van der Waals surface area contributed by atoms with Crippen molar-refractivity contribution in [3.63, 3.8) is 0 Å². The summed E-state index contributed by atoms with van der Waals surface area (Å²) in [5.41, 5.74) is 0.770. The molecule has 0 unspecified atom stereocenters. The fourth-order valence-corrected chi connectivity index (χ4v) is 4.04. The Morgan fingerprint density at radius 3 is 2.75 bits per heavy atom. The maximum atomic E-state index is 12.4. The smallest absolute Gasteiger partial charge is 0.245 e. The molecule has 1 aromatic carbocycles. The van der Waals surface area contributed by atoms with E-state index in [1.807, 2.05) is 18.2 Å².